The number of rotatable bonds is 4. The van der Waals surface area contributed by atoms with Crippen LogP contribution in [0.1, 0.15) is 0 Å². The van der Waals surface area contributed by atoms with E-state index in [0.717, 1.165) is 11.1 Å². The maximum Gasteiger partial charge on any atom is 0.322 e. The fourth-order valence-corrected chi connectivity index (χ4v) is 1.86. The minimum absolute atomic E-state index is 0.237. The molecule has 0 fully saturated rings. The molecule has 0 saturated heterocycles. The first-order chi connectivity index (χ1) is 10.3. The Morgan fingerprint density at radius 3 is 2.57 bits per heavy atom. The summed E-state index contributed by atoms with van der Waals surface area (Å²) in [5, 5.41) is 7.16. The van der Waals surface area contributed by atoms with E-state index in [4.69, 9.17) is 4.74 Å². The van der Waals surface area contributed by atoms with Crippen LogP contribution in [-0.4, -0.2) is 38.9 Å². The van der Waals surface area contributed by atoms with E-state index in [0.29, 0.717) is 11.9 Å². The van der Waals surface area contributed by atoms with E-state index in [1.165, 1.54) is 7.11 Å². The van der Waals surface area contributed by atoms with Gasteiger partial charge >= 0.3 is 6.01 Å². The van der Waals surface area contributed by atoms with Gasteiger partial charge in [-0.25, -0.2) is 4.68 Å². The average molecular weight is 282 g/mol. The van der Waals surface area contributed by atoms with Crippen LogP contribution in [-0.2, 0) is 0 Å². The van der Waals surface area contributed by atoms with Crippen LogP contribution >= 0.6 is 0 Å². The molecular formula is C14H14N6O. The molecule has 0 aliphatic rings. The molecule has 2 heterocycles. The number of anilines is 1. The summed E-state index contributed by atoms with van der Waals surface area (Å²) in [5.74, 6) is 0.821. The van der Waals surface area contributed by atoms with Gasteiger partial charge in [0.25, 0.3) is 5.95 Å². The Kier molecular flexibility index (Phi) is 3.46. The normalized spacial score (nSPS) is 10.4. The van der Waals surface area contributed by atoms with Gasteiger partial charge in [-0.05, 0) is 5.56 Å². The van der Waals surface area contributed by atoms with Crippen LogP contribution in [0, 0.1) is 0 Å². The van der Waals surface area contributed by atoms with Crippen molar-refractivity contribution in [3.63, 3.8) is 0 Å². The summed E-state index contributed by atoms with van der Waals surface area (Å²) in [4.78, 5) is 12.5. The van der Waals surface area contributed by atoms with Gasteiger partial charge in [0.2, 0.25) is 5.95 Å². The van der Waals surface area contributed by atoms with E-state index in [-0.39, 0.29) is 6.01 Å². The van der Waals surface area contributed by atoms with Crippen LogP contribution in [0.25, 0.3) is 17.1 Å². The third kappa shape index (κ3) is 2.66. The van der Waals surface area contributed by atoms with E-state index >= 15 is 0 Å². The lowest BCUT2D eigenvalue weighted by Gasteiger charge is -2.04. The highest BCUT2D eigenvalue weighted by atomic mass is 16.5. The summed E-state index contributed by atoms with van der Waals surface area (Å²) < 4.78 is 6.66. The number of hydrogen-bond donors (Lipinski definition) is 1. The Balaban J connectivity index is 2.00. The highest BCUT2D eigenvalue weighted by Crippen LogP contribution is 2.19. The molecule has 106 valence electrons. The van der Waals surface area contributed by atoms with Crippen molar-refractivity contribution < 1.29 is 4.74 Å². The Morgan fingerprint density at radius 2 is 1.86 bits per heavy atom. The predicted octanol–water partition coefficient (Wildman–Crippen LogP) is 1.77. The van der Waals surface area contributed by atoms with Gasteiger partial charge in [-0.3, -0.25) is 0 Å². The summed E-state index contributed by atoms with van der Waals surface area (Å²) in [6.45, 7) is 0. The molecule has 3 aromatic rings. The molecule has 0 aliphatic carbocycles. The third-order valence-corrected chi connectivity index (χ3v) is 2.90. The molecule has 1 N–H and O–H groups in total. The molecule has 3 rings (SSSR count). The van der Waals surface area contributed by atoms with E-state index in [1.54, 1.807) is 17.9 Å². The lowest BCUT2D eigenvalue weighted by atomic mass is 10.1. The van der Waals surface area contributed by atoms with Crippen molar-refractivity contribution >= 4 is 5.95 Å². The first kappa shape index (κ1) is 13.0. The lowest BCUT2D eigenvalue weighted by Crippen LogP contribution is -2.08. The lowest BCUT2D eigenvalue weighted by molar-refractivity contribution is 0.377. The number of methoxy groups -OCH3 is 1. The molecular weight excluding hydrogens is 268 g/mol. The molecule has 0 bridgehead atoms. The number of nitrogens with one attached hydrogen (secondary N) is 1. The first-order valence-corrected chi connectivity index (χ1v) is 6.38. The van der Waals surface area contributed by atoms with E-state index in [9.17, 15) is 0 Å². The molecule has 2 aromatic heterocycles. The Hall–Kier alpha value is -2.96. The van der Waals surface area contributed by atoms with Crippen molar-refractivity contribution in [1.29, 1.82) is 0 Å². The van der Waals surface area contributed by atoms with Gasteiger partial charge in [0.05, 0.1) is 13.3 Å². The van der Waals surface area contributed by atoms with Crippen LogP contribution < -0.4 is 10.1 Å². The first-order valence-electron chi connectivity index (χ1n) is 6.38. The van der Waals surface area contributed by atoms with Crippen LogP contribution in [0.15, 0.2) is 42.7 Å². The monoisotopic (exact) mass is 282 g/mol. The van der Waals surface area contributed by atoms with Gasteiger partial charge in [-0.15, -0.1) is 0 Å². The molecule has 21 heavy (non-hydrogen) atoms. The van der Waals surface area contributed by atoms with E-state index in [1.807, 2.05) is 36.5 Å². The number of aromatic nitrogens is 5. The van der Waals surface area contributed by atoms with Crippen molar-refractivity contribution in [2.45, 2.75) is 0 Å². The second kappa shape index (κ2) is 5.58. The summed E-state index contributed by atoms with van der Waals surface area (Å²) in [7, 11) is 3.24. The summed E-state index contributed by atoms with van der Waals surface area (Å²) in [5.41, 5.74) is 2.07. The van der Waals surface area contributed by atoms with Crippen molar-refractivity contribution in [1.82, 2.24) is 24.7 Å². The fourth-order valence-electron chi connectivity index (χ4n) is 1.86. The fraction of sp³-hybridized carbons (Fsp3) is 0.143. The Bertz CT molecular complexity index is 718. The topological polar surface area (TPSA) is 77.8 Å². The zero-order valence-electron chi connectivity index (χ0n) is 11.7. The smallest absolute Gasteiger partial charge is 0.322 e. The maximum atomic E-state index is 5.07. The molecule has 7 nitrogen and oxygen atoms in total. The summed E-state index contributed by atoms with van der Waals surface area (Å²) in [6.07, 6.45) is 3.63. The molecule has 0 amide bonds. The van der Waals surface area contributed by atoms with Crippen molar-refractivity contribution in [3.05, 3.63) is 42.7 Å². The van der Waals surface area contributed by atoms with Crippen LogP contribution in [0.4, 0.5) is 5.95 Å². The second-order valence-corrected chi connectivity index (χ2v) is 4.24. The molecule has 1 aromatic carbocycles. The van der Waals surface area contributed by atoms with Crippen LogP contribution in [0.3, 0.4) is 0 Å². The van der Waals surface area contributed by atoms with Gasteiger partial charge < -0.3 is 10.1 Å². The summed E-state index contributed by atoms with van der Waals surface area (Å²) in [6, 6.07) is 10.2. The Morgan fingerprint density at radius 1 is 1.05 bits per heavy atom. The van der Waals surface area contributed by atoms with Crippen molar-refractivity contribution in [2.24, 2.45) is 0 Å². The quantitative estimate of drug-likeness (QED) is 0.786. The highest BCUT2D eigenvalue weighted by Gasteiger charge is 2.09. The van der Waals surface area contributed by atoms with E-state index in [2.05, 4.69) is 25.4 Å². The molecule has 0 atom stereocenters. The van der Waals surface area contributed by atoms with Gasteiger partial charge in [0, 0.05) is 18.8 Å². The highest BCUT2D eigenvalue weighted by molar-refractivity contribution is 5.61. The van der Waals surface area contributed by atoms with Crippen molar-refractivity contribution in [3.8, 4) is 23.1 Å². The van der Waals surface area contributed by atoms with Gasteiger partial charge in [-0.1, -0.05) is 30.3 Å². The third-order valence-electron chi connectivity index (χ3n) is 2.90. The van der Waals surface area contributed by atoms with E-state index < -0.39 is 0 Å². The standard InChI is InChI=1S/C14H14N6O/c1-15-12-17-13(19-14(18-12)21-2)20-9-11(8-16-20)10-6-4-3-5-7-10/h3-9H,1-2H3,(H,15,17,18,19). The molecule has 7 heteroatoms. The SMILES string of the molecule is CNc1nc(OC)nc(-n2cc(-c3ccccc3)cn2)n1. The maximum absolute atomic E-state index is 5.07. The molecule has 0 unspecified atom stereocenters. The van der Waals surface area contributed by atoms with Crippen molar-refractivity contribution in [2.75, 3.05) is 19.5 Å². The van der Waals surface area contributed by atoms with Crippen LogP contribution in [0.2, 0.25) is 0 Å². The second-order valence-electron chi connectivity index (χ2n) is 4.24. The van der Waals surface area contributed by atoms with Gasteiger partial charge in [0.15, 0.2) is 0 Å². The number of ether oxygens (including phenoxy) is 1. The zero-order valence-corrected chi connectivity index (χ0v) is 11.7. The Labute approximate surface area is 121 Å². The summed E-state index contributed by atoms with van der Waals surface area (Å²) >= 11 is 0. The molecule has 0 spiro atoms. The minimum Gasteiger partial charge on any atom is -0.467 e. The predicted molar refractivity (Wildman–Crippen MR) is 78.5 cm³/mol. The van der Waals surface area contributed by atoms with Gasteiger partial charge in [0.1, 0.15) is 0 Å². The largest absolute Gasteiger partial charge is 0.467 e. The number of benzene rings is 1. The molecule has 0 saturated carbocycles. The van der Waals surface area contributed by atoms with Crippen LogP contribution in [0.5, 0.6) is 6.01 Å². The minimum atomic E-state index is 0.237. The number of nitrogens with zero attached hydrogens (tertiary/aromatic N) is 5. The zero-order chi connectivity index (χ0) is 14.7. The van der Waals surface area contributed by atoms with Gasteiger partial charge in [-0.2, -0.15) is 20.1 Å². The average Bonchev–Trinajstić information content (AvgIpc) is 3.05. The molecule has 0 aliphatic heterocycles. The molecule has 0 radical (unpaired) electrons. The number of hydrogen-bond acceptors (Lipinski definition) is 6.